The summed E-state index contributed by atoms with van der Waals surface area (Å²) < 4.78 is 8.92. The second kappa shape index (κ2) is 11.3. The molecule has 0 aliphatic carbocycles. The number of ether oxygens (including phenoxy) is 1. The van der Waals surface area contributed by atoms with E-state index in [4.69, 9.17) is 22.1 Å². The highest BCUT2D eigenvalue weighted by atomic mass is 127. The highest BCUT2D eigenvalue weighted by Crippen LogP contribution is 2.28. The van der Waals surface area contributed by atoms with E-state index in [0.717, 1.165) is 34.5 Å². The van der Waals surface area contributed by atoms with E-state index in [9.17, 15) is 4.79 Å². The van der Waals surface area contributed by atoms with Crippen LogP contribution in [0, 0.1) is 0 Å². The third-order valence-corrected chi connectivity index (χ3v) is 7.87. The van der Waals surface area contributed by atoms with Gasteiger partial charge in [0.15, 0.2) is 17.0 Å². The van der Waals surface area contributed by atoms with Crippen molar-refractivity contribution in [2.45, 2.75) is 19.9 Å². The van der Waals surface area contributed by atoms with Crippen LogP contribution < -0.4 is 16.0 Å². The number of benzene rings is 2. The van der Waals surface area contributed by atoms with Crippen molar-refractivity contribution in [2.24, 2.45) is 0 Å². The molecule has 3 aromatic heterocycles. The van der Waals surface area contributed by atoms with Crippen molar-refractivity contribution < 1.29 is 4.74 Å². The average molecular weight is 621 g/mol. The highest BCUT2D eigenvalue weighted by Gasteiger charge is 2.11. The minimum Gasteiger partial charge on any atom is -0.497 e. The molecule has 180 valence electrons. The maximum Gasteiger partial charge on any atom is 0.260 e. The summed E-state index contributed by atoms with van der Waals surface area (Å²) in [6.45, 7) is 2.57. The number of nitrogen functional groups attached to an aromatic ring is 1. The first-order valence-corrected chi connectivity index (χ1v) is 15.1. The van der Waals surface area contributed by atoms with Crippen LogP contribution in [0.3, 0.4) is 0 Å². The van der Waals surface area contributed by atoms with Crippen molar-refractivity contribution in [3.05, 3.63) is 87.8 Å². The third kappa shape index (κ3) is 5.42. The number of hydrogen-bond donors (Lipinski definition) is 1. The molecule has 2 aromatic carbocycles. The highest BCUT2D eigenvalue weighted by molar-refractivity contribution is 14.2. The molecule has 11 heteroatoms. The van der Waals surface area contributed by atoms with Crippen LogP contribution in [0.15, 0.2) is 66.0 Å². The predicted molar refractivity (Wildman–Crippen MR) is 152 cm³/mol. The number of hydrogen-bond acceptors (Lipinski definition) is 6. The fourth-order valence-electron chi connectivity index (χ4n) is 3.70. The quantitative estimate of drug-likeness (QED) is 0.207. The van der Waals surface area contributed by atoms with E-state index < -0.39 is 0 Å². The topological polar surface area (TPSA) is 101 Å². The van der Waals surface area contributed by atoms with Crippen molar-refractivity contribution in [2.75, 3.05) is 12.8 Å². The second-order valence-corrected chi connectivity index (χ2v) is 10.1. The van der Waals surface area contributed by atoms with Crippen molar-refractivity contribution in [1.29, 1.82) is 0 Å². The summed E-state index contributed by atoms with van der Waals surface area (Å²) in [5, 5.41) is 1.98. The molecule has 0 aliphatic heterocycles. The molecule has 1 unspecified atom stereocenters. The fraction of sp³-hybridized carbons (Fsp3) is 0.167. The summed E-state index contributed by atoms with van der Waals surface area (Å²) in [5.41, 5.74) is 9.09. The van der Waals surface area contributed by atoms with Crippen LogP contribution in [-0.4, -0.2) is 31.0 Å². The Labute approximate surface area is 221 Å². The van der Waals surface area contributed by atoms with Gasteiger partial charge in [-0.1, -0.05) is 42.8 Å². The average Bonchev–Trinajstić information content (AvgIpc) is 3.31. The molecule has 5 aromatic rings. The van der Waals surface area contributed by atoms with Crippen molar-refractivity contribution >= 4 is 67.8 Å². The van der Waals surface area contributed by atoms with Crippen LogP contribution in [0.4, 0.5) is 5.82 Å². The molecule has 2 N–H and O–H groups in total. The lowest BCUT2D eigenvalue weighted by molar-refractivity contribution is 0.414. The third-order valence-electron chi connectivity index (χ3n) is 5.49. The lowest BCUT2D eigenvalue weighted by Gasteiger charge is -2.14. The number of aromatic nitrogens is 5. The Bertz CT molecular complexity index is 1540. The van der Waals surface area contributed by atoms with Crippen LogP contribution in [0.1, 0.15) is 18.2 Å². The molecular formula is C24H23ClIN6O2P. The molecule has 0 saturated carbocycles. The molecule has 5 rings (SSSR count). The number of aryl methyl sites for hydroxylation is 1. The first-order valence-electron chi connectivity index (χ1n) is 10.7. The van der Waals surface area contributed by atoms with E-state index in [1.54, 1.807) is 24.1 Å². The van der Waals surface area contributed by atoms with Gasteiger partial charge in [0.25, 0.3) is 5.56 Å². The number of nitrogens with zero attached hydrogens (tertiary/aromatic N) is 5. The van der Waals surface area contributed by atoms with Crippen LogP contribution in [0.5, 0.6) is 5.75 Å². The molecule has 0 amide bonds. The van der Waals surface area contributed by atoms with Crippen molar-refractivity contribution in [3.63, 3.8) is 0 Å². The van der Waals surface area contributed by atoms with Crippen LogP contribution in [0.25, 0.3) is 21.9 Å². The maximum absolute atomic E-state index is 12.9. The standard InChI is InChI=1S/C19H18ClNO2.C5H5IN5P/c1-3-15-11-14-5-4-6-17(20)18(14)19(22)21(15)12-13-7-9-16(23-2)10-8-13;6-12-11-2-10-3-4(7)8-1-9-5(3)11/h4-11H,3,12H2,1-2H3;1-2,12H,(H2,7,8,9). The maximum atomic E-state index is 12.9. The summed E-state index contributed by atoms with van der Waals surface area (Å²) in [7, 11) is 1.64. The minimum absolute atomic E-state index is 0.0410. The Morgan fingerprint density at radius 2 is 1.91 bits per heavy atom. The summed E-state index contributed by atoms with van der Waals surface area (Å²) in [4.78, 5) is 24.9. The monoisotopic (exact) mass is 620 g/mol. The summed E-state index contributed by atoms with van der Waals surface area (Å²) >= 11 is 8.50. The molecule has 0 fully saturated rings. The largest absolute Gasteiger partial charge is 0.497 e. The van der Waals surface area contributed by atoms with Gasteiger partial charge in [-0.15, -0.1) is 0 Å². The predicted octanol–water partition coefficient (Wildman–Crippen LogP) is 5.47. The summed E-state index contributed by atoms with van der Waals surface area (Å²) in [6.07, 6.45) is 4.54. The smallest absolute Gasteiger partial charge is 0.260 e. The van der Waals surface area contributed by atoms with Crippen LogP contribution in [-0.2, 0) is 13.0 Å². The molecule has 8 nitrogen and oxygen atoms in total. The molecule has 0 bridgehead atoms. The van der Waals surface area contributed by atoms with E-state index in [-0.39, 0.29) is 5.56 Å². The van der Waals surface area contributed by atoms with Gasteiger partial charge in [-0.05, 0) is 63.7 Å². The minimum atomic E-state index is -0.0410. The first kappa shape index (κ1) is 25.3. The summed E-state index contributed by atoms with van der Waals surface area (Å²) in [5.74, 6) is 1.24. The van der Waals surface area contributed by atoms with Crippen molar-refractivity contribution in [3.8, 4) is 5.75 Å². The molecular weight excluding hydrogens is 598 g/mol. The van der Waals surface area contributed by atoms with E-state index in [1.165, 1.54) is 6.33 Å². The number of halogens is 2. The van der Waals surface area contributed by atoms with E-state index in [1.807, 2.05) is 46.8 Å². The zero-order valence-corrected chi connectivity index (χ0v) is 23.0. The van der Waals surface area contributed by atoms with Crippen LogP contribution in [0.2, 0.25) is 5.02 Å². The van der Waals surface area contributed by atoms with Gasteiger partial charge < -0.3 is 15.0 Å². The Balaban J connectivity index is 0.000000201. The normalized spacial score (nSPS) is 11.2. The lowest BCUT2D eigenvalue weighted by atomic mass is 10.1. The van der Waals surface area contributed by atoms with E-state index in [0.29, 0.717) is 34.7 Å². The Kier molecular flexibility index (Phi) is 8.20. The molecule has 1 atom stereocenters. The molecule has 0 radical (unpaired) electrons. The number of nitrogens with two attached hydrogens (primary N) is 1. The molecule has 0 saturated heterocycles. The van der Waals surface area contributed by atoms with Gasteiger partial charge in [-0.25, -0.2) is 15.0 Å². The lowest BCUT2D eigenvalue weighted by Crippen LogP contribution is -2.24. The van der Waals surface area contributed by atoms with Gasteiger partial charge >= 0.3 is 0 Å². The zero-order chi connectivity index (χ0) is 24.9. The number of pyridine rings is 1. The van der Waals surface area contributed by atoms with Gasteiger partial charge in [0, 0.05) is 5.69 Å². The van der Waals surface area contributed by atoms with Gasteiger partial charge in [0.05, 0.1) is 30.4 Å². The van der Waals surface area contributed by atoms with Gasteiger partial charge in [0.1, 0.15) is 18.4 Å². The Hall–Kier alpha value is -2.75. The Morgan fingerprint density at radius 3 is 2.60 bits per heavy atom. The Morgan fingerprint density at radius 1 is 1.14 bits per heavy atom. The first-order chi connectivity index (χ1) is 17.0. The van der Waals surface area contributed by atoms with E-state index >= 15 is 0 Å². The van der Waals surface area contributed by atoms with Crippen molar-refractivity contribution in [1.82, 2.24) is 23.9 Å². The molecule has 35 heavy (non-hydrogen) atoms. The van der Waals surface area contributed by atoms with Gasteiger partial charge in [-0.3, -0.25) is 9.13 Å². The summed E-state index contributed by atoms with van der Waals surface area (Å²) in [6, 6.07) is 15.4. The number of rotatable bonds is 5. The van der Waals surface area contributed by atoms with Gasteiger partial charge in [-0.2, -0.15) is 0 Å². The molecule has 0 spiro atoms. The second-order valence-electron chi connectivity index (χ2n) is 7.56. The molecule has 0 aliphatic rings. The number of anilines is 1. The van der Waals surface area contributed by atoms with Gasteiger partial charge in [0.2, 0.25) is 0 Å². The molecule has 3 heterocycles. The number of fused-ring (bicyclic) bond motifs is 2. The van der Waals surface area contributed by atoms with Crippen LogP contribution >= 0.6 is 40.0 Å². The number of methoxy groups -OCH3 is 1. The number of imidazole rings is 1. The SMILES string of the molecule is CCc1cc2cccc(Cl)c2c(=O)n1Cc1ccc(OC)cc1.Nc1ncnc2c1ncn2PI. The van der Waals surface area contributed by atoms with E-state index in [2.05, 4.69) is 43.9 Å². The fourth-order valence-corrected chi connectivity index (χ4v) is 5.37. The zero-order valence-electron chi connectivity index (χ0n) is 19.1.